The molecule has 0 spiro atoms. The summed E-state index contributed by atoms with van der Waals surface area (Å²) in [5, 5.41) is 0. The molecule has 0 N–H and O–H groups in total. The smallest absolute Gasteiger partial charge is 0.240 e. The highest BCUT2D eigenvalue weighted by atomic mass is 16.5. The standard InChI is InChI=1S/C21H34N2O4/c1-14(2)20(23-11-15(3)27-16(4)12-23)21(24)22(5)13-17-8-9-18(25-6)19(10-17)26-7/h8-10,14-16,20H,11-13H2,1-7H3. The van der Waals surface area contributed by atoms with Gasteiger partial charge in [-0.15, -0.1) is 0 Å². The first kappa shape index (κ1) is 21.5. The summed E-state index contributed by atoms with van der Waals surface area (Å²) >= 11 is 0. The number of rotatable bonds is 7. The van der Waals surface area contributed by atoms with Gasteiger partial charge in [0.2, 0.25) is 5.91 Å². The van der Waals surface area contributed by atoms with Gasteiger partial charge >= 0.3 is 0 Å². The van der Waals surface area contributed by atoms with Crippen LogP contribution in [-0.2, 0) is 16.1 Å². The van der Waals surface area contributed by atoms with Crippen molar-refractivity contribution in [3.8, 4) is 11.5 Å². The molecule has 1 saturated heterocycles. The minimum Gasteiger partial charge on any atom is -0.493 e. The Balaban J connectivity index is 2.13. The van der Waals surface area contributed by atoms with Gasteiger partial charge in [-0.1, -0.05) is 19.9 Å². The number of carbonyl (C=O) groups is 1. The van der Waals surface area contributed by atoms with Gasteiger partial charge in [-0.05, 0) is 37.5 Å². The molecule has 3 unspecified atom stereocenters. The molecule has 0 saturated carbocycles. The molecule has 27 heavy (non-hydrogen) atoms. The fourth-order valence-corrected chi connectivity index (χ4v) is 3.86. The Hall–Kier alpha value is -1.79. The molecule has 1 aromatic carbocycles. The van der Waals surface area contributed by atoms with E-state index >= 15 is 0 Å². The van der Waals surface area contributed by atoms with E-state index in [1.54, 1.807) is 19.1 Å². The van der Waals surface area contributed by atoms with Crippen molar-refractivity contribution in [1.29, 1.82) is 0 Å². The number of hydrogen-bond acceptors (Lipinski definition) is 5. The fourth-order valence-electron chi connectivity index (χ4n) is 3.86. The van der Waals surface area contributed by atoms with Gasteiger partial charge in [-0.3, -0.25) is 9.69 Å². The zero-order chi connectivity index (χ0) is 20.1. The first-order chi connectivity index (χ1) is 12.8. The predicted molar refractivity (Wildman–Crippen MR) is 106 cm³/mol. The second-order valence-corrected chi connectivity index (χ2v) is 7.78. The van der Waals surface area contributed by atoms with E-state index in [0.717, 1.165) is 18.7 Å². The third-order valence-electron chi connectivity index (χ3n) is 4.97. The SMILES string of the molecule is COc1ccc(CN(C)C(=O)C(C(C)C)N2CC(C)OC(C)C2)cc1OC. The van der Waals surface area contributed by atoms with Crippen molar-refractivity contribution in [2.75, 3.05) is 34.4 Å². The molecule has 6 nitrogen and oxygen atoms in total. The molecule has 2 rings (SSSR count). The van der Waals surface area contributed by atoms with Gasteiger partial charge in [0.05, 0.1) is 32.5 Å². The van der Waals surface area contributed by atoms with Crippen molar-refractivity contribution in [1.82, 2.24) is 9.80 Å². The van der Waals surface area contributed by atoms with E-state index in [1.807, 2.05) is 25.2 Å². The summed E-state index contributed by atoms with van der Waals surface area (Å²) in [6.45, 7) is 10.4. The van der Waals surface area contributed by atoms with E-state index in [9.17, 15) is 4.79 Å². The lowest BCUT2D eigenvalue weighted by Gasteiger charge is -2.42. The maximum Gasteiger partial charge on any atom is 0.240 e. The number of morpholine rings is 1. The molecular weight excluding hydrogens is 344 g/mol. The average Bonchev–Trinajstić information content (AvgIpc) is 2.60. The van der Waals surface area contributed by atoms with Gasteiger partial charge in [0.1, 0.15) is 0 Å². The monoisotopic (exact) mass is 378 g/mol. The molecule has 1 aromatic rings. The molecule has 3 atom stereocenters. The van der Waals surface area contributed by atoms with E-state index < -0.39 is 0 Å². The van der Waals surface area contributed by atoms with Crippen LogP contribution in [0.2, 0.25) is 0 Å². The van der Waals surface area contributed by atoms with E-state index in [4.69, 9.17) is 14.2 Å². The number of amides is 1. The molecule has 0 aliphatic carbocycles. The van der Waals surface area contributed by atoms with Crippen LogP contribution in [0.25, 0.3) is 0 Å². The Labute approximate surface area is 163 Å². The quantitative estimate of drug-likeness (QED) is 0.730. The highest BCUT2D eigenvalue weighted by Crippen LogP contribution is 2.28. The first-order valence-corrected chi connectivity index (χ1v) is 9.62. The van der Waals surface area contributed by atoms with Crippen LogP contribution in [0, 0.1) is 5.92 Å². The minimum atomic E-state index is -0.149. The molecule has 0 aromatic heterocycles. The van der Waals surface area contributed by atoms with Crippen LogP contribution >= 0.6 is 0 Å². The molecule has 0 radical (unpaired) electrons. The summed E-state index contributed by atoms with van der Waals surface area (Å²) in [5.41, 5.74) is 1.01. The molecule has 1 aliphatic rings. The highest BCUT2D eigenvalue weighted by molar-refractivity contribution is 5.82. The zero-order valence-electron chi connectivity index (χ0n) is 17.7. The molecule has 1 amide bonds. The topological polar surface area (TPSA) is 51.2 Å². The third-order valence-corrected chi connectivity index (χ3v) is 4.97. The molecule has 0 bridgehead atoms. The Bertz CT molecular complexity index is 625. The Morgan fingerprint density at radius 2 is 1.78 bits per heavy atom. The van der Waals surface area contributed by atoms with Crippen molar-refractivity contribution >= 4 is 5.91 Å². The molecule has 1 heterocycles. The highest BCUT2D eigenvalue weighted by Gasteiger charge is 2.35. The number of methoxy groups -OCH3 is 2. The Kier molecular flexibility index (Phi) is 7.50. The average molecular weight is 379 g/mol. The van der Waals surface area contributed by atoms with E-state index in [1.165, 1.54) is 0 Å². The summed E-state index contributed by atoms with van der Waals surface area (Å²) in [4.78, 5) is 17.3. The Morgan fingerprint density at radius 1 is 1.19 bits per heavy atom. The number of nitrogens with zero attached hydrogens (tertiary/aromatic N) is 2. The minimum absolute atomic E-state index is 0.138. The molecule has 1 aliphatic heterocycles. The summed E-state index contributed by atoms with van der Waals surface area (Å²) in [6, 6.07) is 5.61. The first-order valence-electron chi connectivity index (χ1n) is 9.62. The van der Waals surface area contributed by atoms with Gasteiger partial charge < -0.3 is 19.1 Å². The molecule has 6 heteroatoms. The summed E-state index contributed by atoms with van der Waals surface area (Å²) < 4.78 is 16.5. The van der Waals surface area contributed by atoms with Gasteiger partial charge in [0, 0.05) is 26.7 Å². The van der Waals surface area contributed by atoms with Crippen LogP contribution in [0.5, 0.6) is 11.5 Å². The van der Waals surface area contributed by atoms with Crippen LogP contribution in [0.15, 0.2) is 18.2 Å². The molecule has 152 valence electrons. The molecular formula is C21H34N2O4. The second-order valence-electron chi connectivity index (χ2n) is 7.78. The van der Waals surface area contributed by atoms with Crippen LogP contribution in [0.4, 0.5) is 0 Å². The van der Waals surface area contributed by atoms with E-state index in [-0.39, 0.29) is 30.1 Å². The van der Waals surface area contributed by atoms with Crippen molar-refractivity contribution < 1.29 is 19.0 Å². The van der Waals surface area contributed by atoms with Crippen LogP contribution in [0.3, 0.4) is 0 Å². The molecule has 1 fully saturated rings. The van der Waals surface area contributed by atoms with Crippen LogP contribution in [-0.4, -0.2) is 68.3 Å². The van der Waals surface area contributed by atoms with Gasteiger partial charge in [0.15, 0.2) is 11.5 Å². The maximum atomic E-state index is 13.3. The number of ether oxygens (including phenoxy) is 3. The van der Waals surface area contributed by atoms with Gasteiger partial charge in [-0.2, -0.15) is 0 Å². The summed E-state index contributed by atoms with van der Waals surface area (Å²) in [5.74, 6) is 1.72. The summed E-state index contributed by atoms with van der Waals surface area (Å²) in [6.07, 6.45) is 0.276. The van der Waals surface area contributed by atoms with Gasteiger partial charge in [0.25, 0.3) is 0 Å². The lowest BCUT2D eigenvalue weighted by molar-refractivity contribution is -0.144. The lowest BCUT2D eigenvalue weighted by atomic mass is 9.99. The normalized spacial score (nSPS) is 21.8. The van der Waals surface area contributed by atoms with Crippen molar-refractivity contribution in [3.05, 3.63) is 23.8 Å². The van der Waals surface area contributed by atoms with Crippen molar-refractivity contribution in [2.45, 2.75) is 52.5 Å². The third kappa shape index (κ3) is 5.36. The number of benzene rings is 1. The second kappa shape index (κ2) is 9.42. The fraction of sp³-hybridized carbons (Fsp3) is 0.667. The summed E-state index contributed by atoms with van der Waals surface area (Å²) in [7, 11) is 5.10. The van der Waals surface area contributed by atoms with Crippen LogP contribution < -0.4 is 9.47 Å². The van der Waals surface area contributed by atoms with Crippen LogP contribution in [0.1, 0.15) is 33.3 Å². The number of hydrogen-bond donors (Lipinski definition) is 0. The van der Waals surface area contributed by atoms with Crippen molar-refractivity contribution in [3.63, 3.8) is 0 Å². The number of carbonyl (C=O) groups excluding carboxylic acids is 1. The maximum absolute atomic E-state index is 13.3. The van der Waals surface area contributed by atoms with Gasteiger partial charge in [-0.25, -0.2) is 0 Å². The van der Waals surface area contributed by atoms with Crippen molar-refractivity contribution in [2.24, 2.45) is 5.92 Å². The lowest BCUT2D eigenvalue weighted by Crippen LogP contribution is -2.57. The zero-order valence-corrected chi connectivity index (χ0v) is 17.7. The largest absolute Gasteiger partial charge is 0.493 e. The predicted octanol–water partition coefficient (Wildman–Crippen LogP) is 2.80. The van der Waals surface area contributed by atoms with E-state index in [2.05, 4.69) is 32.6 Å². The Morgan fingerprint density at radius 3 is 2.30 bits per heavy atom. The van der Waals surface area contributed by atoms with E-state index in [0.29, 0.717) is 18.0 Å². The number of likely N-dealkylation sites (N-methyl/N-ethyl adjacent to an activating group) is 1.